The summed E-state index contributed by atoms with van der Waals surface area (Å²) in [6, 6.07) is 7.99. The highest BCUT2D eigenvalue weighted by molar-refractivity contribution is 5.92. The maximum atomic E-state index is 11.5. The molecule has 0 bridgehead atoms. The number of rotatable bonds is 4. The van der Waals surface area contributed by atoms with E-state index in [1.165, 1.54) is 10.7 Å². The van der Waals surface area contributed by atoms with Crippen molar-refractivity contribution in [3.63, 3.8) is 0 Å². The summed E-state index contributed by atoms with van der Waals surface area (Å²) >= 11 is 0. The lowest BCUT2D eigenvalue weighted by Gasteiger charge is -2.11. The van der Waals surface area contributed by atoms with E-state index in [9.17, 15) is 4.79 Å². The molecular formula is C16H18N6O. The molecular weight excluding hydrogens is 292 g/mol. The number of aryl methyl sites for hydroxylation is 2. The monoisotopic (exact) mass is 310 g/mol. The number of aromatic nitrogens is 3. The quantitative estimate of drug-likeness (QED) is 0.686. The van der Waals surface area contributed by atoms with Crippen molar-refractivity contribution in [2.24, 2.45) is 5.73 Å². The van der Waals surface area contributed by atoms with Crippen molar-refractivity contribution in [3.8, 4) is 0 Å². The van der Waals surface area contributed by atoms with Crippen molar-refractivity contribution < 1.29 is 4.79 Å². The summed E-state index contributed by atoms with van der Waals surface area (Å²) < 4.78 is 1.44. The van der Waals surface area contributed by atoms with Crippen LogP contribution in [-0.2, 0) is 0 Å². The van der Waals surface area contributed by atoms with Gasteiger partial charge in [-0.1, -0.05) is 6.07 Å². The first-order valence-electron chi connectivity index (χ1n) is 7.19. The van der Waals surface area contributed by atoms with Crippen LogP contribution in [0.25, 0.3) is 5.65 Å². The maximum absolute atomic E-state index is 11.5. The van der Waals surface area contributed by atoms with Gasteiger partial charge in [-0.15, -0.1) is 5.10 Å². The van der Waals surface area contributed by atoms with E-state index in [1.54, 1.807) is 7.05 Å². The number of carbonyl (C=O) groups is 1. The van der Waals surface area contributed by atoms with Crippen LogP contribution in [0.5, 0.6) is 0 Å². The van der Waals surface area contributed by atoms with Gasteiger partial charge >= 0.3 is 0 Å². The van der Waals surface area contributed by atoms with Crippen LogP contribution >= 0.6 is 0 Å². The van der Waals surface area contributed by atoms with Crippen LogP contribution in [0.15, 0.2) is 30.5 Å². The second-order valence-electron chi connectivity index (χ2n) is 5.44. The molecule has 3 aromatic rings. The number of nitrogens with zero attached hydrogens (tertiary/aromatic N) is 3. The average Bonchev–Trinajstić information content (AvgIpc) is 2.89. The fraction of sp³-hybridized carbons (Fsp3) is 0.188. The highest BCUT2D eigenvalue weighted by Gasteiger charge is 2.14. The summed E-state index contributed by atoms with van der Waals surface area (Å²) in [7, 11) is 1.79. The van der Waals surface area contributed by atoms with Crippen molar-refractivity contribution >= 4 is 28.7 Å². The van der Waals surface area contributed by atoms with Crippen LogP contribution in [-0.4, -0.2) is 27.6 Å². The van der Waals surface area contributed by atoms with Gasteiger partial charge in [0.15, 0.2) is 11.5 Å². The van der Waals surface area contributed by atoms with E-state index in [0.29, 0.717) is 11.5 Å². The third-order valence-electron chi connectivity index (χ3n) is 3.48. The first kappa shape index (κ1) is 14.8. The molecule has 0 spiro atoms. The van der Waals surface area contributed by atoms with Crippen LogP contribution in [0.1, 0.15) is 21.6 Å². The molecule has 23 heavy (non-hydrogen) atoms. The van der Waals surface area contributed by atoms with Gasteiger partial charge in [-0.25, -0.2) is 9.50 Å². The Morgan fingerprint density at radius 1 is 1.17 bits per heavy atom. The summed E-state index contributed by atoms with van der Waals surface area (Å²) in [5, 5.41) is 10.7. The summed E-state index contributed by atoms with van der Waals surface area (Å²) in [5.74, 6) is 0.0166. The van der Waals surface area contributed by atoms with Crippen LogP contribution in [0, 0.1) is 13.8 Å². The molecule has 0 fully saturated rings. The molecule has 0 radical (unpaired) electrons. The van der Waals surface area contributed by atoms with Crippen molar-refractivity contribution in [2.45, 2.75) is 13.8 Å². The van der Waals surface area contributed by atoms with Crippen LogP contribution in [0.3, 0.4) is 0 Å². The first-order chi connectivity index (χ1) is 11.0. The van der Waals surface area contributed by atoms with Gasteiger partial charge < -0.3 is 16.4 Å². The SMILES string of the molecule is CNc1cc(Nc2cc(C)cc(C)c2)nn2c(C(N)=O)cnc12. The number of benzene rings is 1. The maximum Gasteiger partial charge on any atom is 0.269 e. The smallest absolute Gasteiger partial charge is 0.269 e. The zero-order valence-electron chi connectivity index (χ0n) is 13.2. The molecule has 7 nitrogen and oxygen atoms in total. The molecule has 0 saturated heterocycles. The Hall–Kier alpha value is -3.09. The van der Waals surface area contributed by atoms with Gasteiger partial charge in [0.05, 0.1) is 11.9 Å². The largest absolute Gasteiger partial charge is 0.385 e. The van der Waals surface area contributed by atoms with E-state index in [1.807, 2.05) is 32.0 Å². The summed E-state index contributed by atoms with van der Waals surface area (Å²) in [6.07, 6.45) is 1.42. The van der Waals surface area contributed by atoms with E-state index < -0.39 is 5.91 Å². The number of imidazole rings is 1. The Kier molecular flexibility index (Phi) is 3.61. The zero-order chi connectivity index (χ0) is 16.6. The van der Waals surface area contributed by atoms with E-state index in [2.05, 4.69) is 26.8 Å². The molecule has 3 rings (SSSR count). The normalized spacial score (nSPS) is 10.7. The lowest BCUT2D eigenvalue weighted by molar-refractivity contribution is 0.0993. The summed E-state index contributed by atoms with van der Waals surface area (Å²) in [6.45, 7) is 4.07. The number of amides is 1. The average molecular weight is 310 g/mol. The molecule has 0 atom stereocenters. The number of nitrogens with one attached hydrogen (secondary N) is 2. The Bertz CT molecular complexity index is 879. The number of fused-ring (bicyclic) bond motifs is 1. The first-order valence-corrected chi connectivity index (χ1v) is 7.19. The minimum atomic E-state index is -0.574. The highest BCUT2D eigenvalue weighted by atomic mass is 16.1. The van der Waals surface area contributed by atoms with Gasteiger partial charge in [0.2, 0.25) is 0 Å². The Balaban J connectivity index is 2.10. The van der Waals surface area contributed by atoms with E-state index in [-0.39, 0.29) is 5.69 Å². The topological polar surface area (TPSA) is 97.3 Å². The van der Waals surface area contributed by atoms with Crippen LogP contribution in [0.4, 0.5) is 17.2 Å². The van der Waals surface area contributed by atoms with Gasteiger partial charge in [0.1, 0.15) is 5.69 Å². The third kappa shape index (κ3) is 2.80. The third-order valence-corrected chi connectivity index (χ3v) is 3.48. The Labute approximate surface area is 133 Å². The van der Waals surface area contributed by atoms with Gasteiger partial charge in [-0.3, -0.25) is 4.79 Å². The molecule has 0 aliphatic rings. The predicted molar refractivity (Wildman–Crippen MR) is 90.3 cm³/mol. The van der Waals surface area contributed by atoms with Gasteiger partial charge in [0.25, 0.3) is 5.91 Å². The lowest BCUT2D eigenvalue weighted by Crippen LogP contribution is -2.15. The van der Waals surface area contributed by atoms with Gasteiger partial charge in [-0.2, -0.15) is 0 Å². The van der Waals surface area contributed by atoms with E-state index in [4.69, 9.17) is 5.73 Å². The van der Waals surface area contributed by atoms with Crippen molar-refractivity contribution in [1.82, 2.24) is 14.6 Å². The molecule has 0 unspecified atom stereocenters. The number of hydrogen-bond acceptors (Lipinski definition) is 5. The predicted octanol–water partition coefficient (Wildman–Crippen LogP) is 2.23. The second kappa shape index (κ2) is 5.60. The van der Waals surface area contributed by atoms with E-state index >= 15 is 0 Å². The number of hydrogen-bond donors (Lipinski definition) is 3. The van der Waals surface area contributed by atoms with Gasteiger partial charge in [0, 0.05) is 18.8 Å². The molecule has 4 N–H and O–H groups in total. The molecule has 0 aliphatic carbocycles. The lowest BCUT2D eigenvalue weighted by atomic mass is 10.1. The summed E-state index contributed by atoms with van der Waals surface area (Å²) in [5.41, 5.74) is 10.2. The Morgan fingerprint density at radius 3 is 2.48 bits per heavy atom. The van der Waals surface area contributed by atoms with Crippen molar-refractivity contribution in [2.75, 3.05) is 17.7 Å². The summed E-state index contributed by atoms with van der Waals surface area (Å²) in [4.78, 5) is 15.7. The van der Waals surface area contributed by atoms with Crippen molar-refractivity contribution in [1.29, 1.82) is 0 Å². The molecule has 0 aliphatic heterocycles. The molecule has 2 aromatic heterocycles. The molecule has 1 aromatic carbocycles. The van der Waals surface area contributed by atoms with Gasteiger partial charge in [-0.05, 0) is 37.1 Å². The molecule has 118 valence electrons. The van der Waals surface area contributed by atoms with Crippen molar-refractivity contribution in [3.05, 3.63) is 47.3 Å². The fourth-order valence-corrected chi connectivity index (χ4v) is 2.58. The molecule has 7 heteroatoms. The zero-order valence-corrected chi connectivity index (χ0v) is 13.2. The number of primary amides is 1. The van der Waals surface area contributed by atoms with E-state index in [0.717, 1.165) is 22.5 Å². The second-order valence-corrected chi connectivity index (χ2v) is 5.44. The number of carbonyl (C=O) groups excluding carboxylic acids is 1. The number of nitrogens with two attached hydrogens (primary N) is 1. The van der Waals surface area contributed by atoms with Crippen LogP contribution < -0.4 is 16.4 Å². The fourth-order valence-electron chi connectivity index (χ4n) is 2.58. The Morgan fingerprint density at radius 2 is 1.87 bits per heavy atom. The van der Waals surface area contributed by atoms with Crippen LogP contribution in [0.2, 0.25) is 0 Å². The standard InChI is InChI=1S/C16H18N6O/c1-9-4-10(2)6-11(5-9)20-14-7-12(18-3)16-19-8-13(15(17)23)22(16)21-14/h4-8,18H,1-3H3,(H2,17,23)(H,20,21). The molecule has 1 amide bonds. The minimum Gasteiger partial charge on any atom is -0.385 e. The molecule has 2 heterocycles. The highest BCUT2D eigenvalue weighted by Crippen LogP contribution is 2.23. The molecule has 0 saturated carbocycles. The number of anilines is 3. The minimum absolute atomic E-state index is 0.237.